The first-order chi connectivity index (χ1) is 0. The molecular weight excluding hydrogens is 238 g/mol. The fourth-order valence-electron chi connectivity index (χ4n) is 0. The Morgan fingerprint density at radius 1 is 0.455 bits per heavy atom. The van der Waals surface area contributed by atoms with Crippen molar-refractivity contribution in [3.05, 3.63) is 0 Å². The summed E-state index contributed by atoms with van der Waals surface area (Å²) < 4.78 is 0. The van der Waals surface area contributed by atoms with Crippen LogP contribution in [0, 0.1) is 0 Å². The zero-order chi connectivity index (χ0) is 0. The normalized spacial score (nSPS) is 0. The van der Waals surface area contributed by atoms with Gasteiger partial charge >= 0.3 is 55.0 Å². The van der Waals surface area contributed by atoms with Crippen LogP contribution in [0.4, 0.5) is 0 Å². The molecule has 0 spiro atoms. The summed E-state index contributed by atoms with van der Waals surface area (Å²) in [6.07, 6.45) is 0. The third-order valence-corrected chi connectivity index (χ3v) is 0. The third kappa shape index (κ3) is 212. The molecule has 0 atom stereocenters. The molecule has 0 saturated carbocycles. The summed E-state index contributed by atoms with van der Waals surface area (Å²) in [5.74, 6) is 0. The minimum absolute atomic E-state index is 0. The van der Waals surface area contributed by atoms with Gasteiger partial charge < -0.3 is 16.4 Å². The maximum absolute atomic E-state index is 0. The average Bonchev–Trinajstić information content (AvgIpc) is 0. The second kappa shape index (κ2) is 254. The van der Waals surface area contributed by atoms with E-state index in [0.717, 1.165) is 0 Å². The standard InChI is InChI=1S/2Al.2Be.3O.2P.2Si.4H/q2*+3;;;3*-2;;;;;;;;. The van der Waals surface area contributed by atoms with E-state index in [0.29, 0.717) is 0 Å². The van der Waals surface area contributed by atoms with Crippen molar-refractivity contribution in [1.29, 1.82) is 0 Å². The Morgan fingerprint density at radius 3 is 0.455 bits per heavy atom. The molecule has 0 N–H and O–H groups in total. The minimum Gasteiger partial charge on any atom is -2.00 e. The summed E-state index contributed by atoms with van der Waals surface area (Å²) in [6, 6.07) is 0. The molecule has 3 nitrogen and oxygen atoms in total. The molecule has 0 bridgehead atoms. The van der Waals surface area contributed by atoms with Gasteiger partial charge in [-0.05, 0) is 0 Å². The number of rotatable bonds is 0. The molecule has 0 amide bonds. The van der Waals surface area contributed by atoms with Gasteiger partial charge in [0.1, 0.15) is 0 Å². The maximum atomic E-state index is 0. The Hall–Kier alpha value is 2.58. The average molecular weight is 242 g/mol. The molecule has 50 valence electrons. The van der Waals surface area contributed by atoms with Crippen molar-refractivity contribution in [3.8, 4) is 0 Å². The molecule has 14 radical (unpaired) electrons. The van der Waals surface area contributed by atoms with Crippen LogP contribution in [0.15, 0.2) is 0 Å². The van der Waals surface area contributed by atoms with Crippen LogP contribution < -0.4 is 0 Å². The second-order valence-electron chi connectivity index (χ2n) is 0. The van der Waals surface area contributed by atoms with Gasteiger partial charge in [0.2, 0.25) is 0 Å². The van der Waals surface area contributed by atoms with E-state index >= 15 is 0 Å². The van der Waals surface area contributed by atoms with Crippen LogP contribution in [0.25, 0.3) is 0 Å². The molecule has 0 fully saturated rings. The molecule has 0 aliphatic carbocycles. The van der Waals surface area contributed by atoms with Gasteiger partial charge in [-0.25, -0.2) is 0 Å². The van der Waals surface area contributed by atoms with Crippen molar-refractivity contribution < 1.29 is 16.4 Å². The number of hydrogen-bond donors (Lipinski definition) is 0. The van der Waals surface area contributed by atoms with Crippen molar-refractivity contribution in [3.63, 3.8) is 0 Å². The van der Waals surface area contributed by atoms with Crippen molar-refractivity contribution in [1.82, 2.24) is 0 Å². The van der Waals surface area contributed by atoms with Gasteiger partial charge in [-0.3, -0.25) is 0 Å². The van der Waals surface area contributed by atoms with E-state index in [9.17, 15) is 0 Å². The van der Waals surface area contributed by atoms with E-state index in [4.69, 9.17) is 0 Å². The molecule has 0 unspecified atom stereocenters. The smallest absolute Gasteiger partial charge is 0 e. The van der Waals surface area contributed by atoms with Gasteiger partial charge in [0, 0.05) is 41.7 Å². The van der Waals surface area contributed by atoms with Gasteiger partial charge in [-0.2, -0.15) is 0 Å². The molecule has 0 aromatic rings. The van der Waals surface area contributed by atoms with Crippen LogP contribution >= 0.6 is 19.8 Å². The maximum Gasteiger partial charge on any atom is 0 e. The topological polar surface area (TPSA) is 85.5 Å². The largest absolute Gasteiger partial charge is 2.00 e. The van der Waals surface area contributed by atoms with Crippen LogP contribution in [0.3, 0.4) is 0 Å². The van der Waals surface area contributed by atoms with Crippen LogP contribution in [0.1, 0.15) is 0 Å². The first-order valence-electron chi connectivity index (χ1n) is 0. The summed E-state index contributed by atoms with van der Waals surface area (Å²) >= 11 is 0. The minimum atomic E-state index is 0. The molecule has 0 aliphatic heterocycles. The van der Waals surface area contributed by atoms with Crippen molar-refractivity contribution in [2.24, 2.45) is 0 Å². The summed E-state index contributed by atoms with van der Waals surface area (Å²) in [5.41, 5.74) is 0. The second-order valence-corrected chi connectivity index (χ2v) is 0. The summed E-state index contributed by atoms with van der Waals surface area (Å²) in [4.78, 5) is 0. The van der Waals surface area contributed by atoms with Gasteiger partial charge in [0.25, 0.3) is 0 Å². The van der Waals surface area contributed by atoms with Crippen LogP contribution in [-0.4, -0.2) is 76.9 Å². The first-order valence-corrected chi connectivity index (χ1v) is 0. The van der Waals surface area contributed by atoms with Gasteiger partial charge in [0.05, 0.1) is 0 Å². The first kappa shape index (κ1) is 324. The molecule has 0 aromatic carbocycles. The fourth-order valence-corrected chi connectivity index (χ4v) is 0. The van der Waals surface area contributed by atoms with Gasteiger partial charge in [-0.1, -0.05) is 0 Å². The van der Waals surface area contributed by atoms with Crippen LogP contribution in [0.2, 0.25) is 0 Å². The van der Waals surface area contributed by atoms with E-state index in [1.807, 2.05) is 0 Å². The van der Waals surface area contributed by atoms with E-state index < -0.39 is 0 Å². The van der Waals surface area contributed by atoms with E-state index in [1.165, 1.54) is 0 Å². The molecule has 11 heavy (non-hydrogen) atoms. The molecule has 0 saturated heterocycles. The Kier molecular flexibility index (Phi) is 7470. The van der Waals surface area contributed by atoms with Gasteiger partial charge in [0.15, 0.2) is 0 Å². The molecule has 0 rings (SSSR count). The molecular formula is H4Al2Be2O3P2Si2. The Labute approximate surface area is 113 Å². The molecule has 0 aliphatic rings. The predicted molar refractivity (Wildman–Crippen MR) is 56.0 cm³/mol. The summed E-state index contributed by atoms with van der Waals surface area (Å²) in [7, 11) is 0. The van der Waals surface area contributed by atoms with E-state index in [2.05, 4.69) is 0 Å². The summed E-state index contributed by atoms with van der Waals surface area (Å²) in [6.45, 7) is 0. The molecule has 0 heterocycles. The molecule has 0 aromatic heterocycles. The van der Waals surface area contributed by atoms with E-state index in [-0.39, 0.29) is 113 Å². The Bertz CT molecular complexity index is 25.3. The number of hydrogen-bond acceptors (Lipinski definition) is 0. The Balaban J connectivity index is 0. The van der Waals surface area contributed by atoms with Crippen molar-refractivity contribution in [2.45, 2.75) is 0 Å². The molecule has 11 heteroatoms. The zero-order valence-electron chi connectivity index (χ0n) is 4.27. The summed E-state index contributed by atoms with van der Waals surface area (Å²) in [5, 5.41) is 0. The third-order valence-electron chi connectivity index (χ3n) is 0. The monoisotopic (exact) mass is 242 g/mol. The SMILES string of the molecule is [Al+3].[Al+3].[BeH2].[BeH2].[O-2].[O-2].[O-2].[P].[P].[Si].[Si]. The zero-order valence-corrected chi connectivity index (χ0v) is 10.4. The van der Waals surface area contributed by atoms with Crippen molar-refractivity contribution in [2.75, 3.05) is 0 Å². The van der Waals surface area contributed by atoms with E-state index in [1.54, 1.807) is 0 Å². The van der Waals surface area contributed by atoms with Crippen molar-refractivity contribution >= 4 is 96.7 Å². The Morgan fingerprint density at radius 2 is 0.455 bits per heavy atom. The predicted octanol–water partition coefficient (Wildman–Crippen LogP) is -1.99. The quantitative estimate of drug-likeness (QED) is 0.348. The van der Waals surface area contributed by atoms with Crippen LogP contribution in [-0.2, 0) is 16.4 Å². The fraction of sp³-hybridized carbons (Fsp3) is 0. The van der Waals surface area contributed by atoms with Gasteiger partial charge in [-0.15, -0.1) is 0 Å². The van der Waals surface area contributed by atoms with Crippen LogP contribution in [0.5, 0.6) is 0 Å².